The van der Waals surface area contributed by atoms with Gasteiger partial charge in [-0.1, -0.05) is 36.4 Å². The lowest BCUT2D eigenvalue weighted by Gasteiger charge is -2.27. The van der Waals surface area contributed by atoms with Crippen molar-refractivity contribution in [3.8, 4) is 0 Å². The largest absolute Gasteiger partial charge is 0.480 e. The summed E-state index contributed by atoms with van der Waals surface area (Å²) in [6, 6.07) is 11.8. The third kappa shape index (κ3) is 3.30. The van der Waals surface area contributed by atoms with Gasteiger partial charge in [0.05, 0.1) is 0 Å². The van der Waals surface area contributed by atoms with Crippen LogP contribution in [0.2, 0.25) is 0 Å². The Kier molecular flexibility index (Phi) is 4.60. The molecular formula is C19H19NO4. The molecule has 1 amide bonds. The van der Waals surface area contributed by atoms with Crippen LogP contribution in [0.5, 0.6) is 0 Å². The minimum absolute atomic E-state index is 0.0666. The van der Waals surface area contributed by atoms with Crippen LogP contribution in [0.1, 0.15) is 36.0 Å². The molecule has 0 unspecified atom stereocenters. The molecule has 2 aromatic rings. The highest BCUT2D eigenvalue weighted by atomic mass is 16.4. The molecule has 5 heteroatoms. The van der Waals surface area contributed by atoms with Gasteiger partial charge in [-0.25, -0.2) is 4.79 Å². The average molecular weight is 325 g/mol. The van der Waals surface area contributed by atoms with Gasteiger partial charge in [0.25, 0.3) is 5.91 Å². The Labute approximate surface area is 139 Å². The first-order valence-electron chi connectivity index (χ1n) is 8.09. The molecule has 0 bridgehead atoms. The van der Waals surface area contributed by atoms with E-state index >= 15 is 0 Å². The van der Waals surface area contributed by atoms with Crippen LogP contribution in [0.3, 0.4) is 0 Å². The van der Waals surface area contributed by atoms with Crippen LogP contribution in [0.25, 0.3) is 10.8 Å². The first-order valence-corrected chi connectivity index (χ1v) is 8.09. The first kappa shape index (κ1) is 16.2. The molecule has 0 radical (unpaired) electrons. The maximum atomic E-state index is 12.6. The predicted octanol–water partition coefficient (Wildman–Crippen LogP) is 2.78. The van der Waals surface area contributed by atoms with Gasteiger partial charge >= 0.3 is 5.97 Å². The topological polar surface area (TPSA) is 83.5 Å². The van der Waals surface area contributed by atoms with Gasteiger partial charge in [-0.3, -0.25) is 9.59 Å². The monoisotopic (exact) mass is 325 g/mol. The fourth-order valence-corrected chi connectivity index (χ4v) is 3.37. The Morgan fingerprint density at radius 3 is 2.62 bits per heavy atom. The number of ketones is 1. The van der Waals surface area contributed by atoms with E-state index in [9.17, 15) is 19.5 Å². The third-order valence-corrected chi connectivity index (χ3v) is 4.58. The second-order valence-corrected chi connectivity index (χ2v) is 6.21. The summed E-state index contributed by atoms with van der Waals surface area (Å²) in [7, 11) is 0. The number of carboxylic acid groups (broad SMARTS) is 1. The fraction of sp³-hybridized carbons (Fsp3) is 0.316. The Morgan fingerprint density at radius 2 is 1.88 bits per heavy atom. The van der Waals surface area contributed by atoms with E-state index in [-0.39, 0.29) is 18.1 Å². The van der Waals surface area contributed by atoms with Crippen molar-refractivity contribution >= 4 is 28.4 Å². The molecule has 0 aromatic heterocycles. The summed E-state index contributed by atoms with van der Waals surface area (Å²) >= 11 is 0. The van der Waals surface area contributed by atoms with Crippen LogP contribution in [0, 0.1) is 5.92 Å². The highest BCUT2D eigenvalue weighted by Gasteiger charge is 2.33. The van der Waals surface area contributed by atoms with Crippen molar-refractivity contribution in [2.24, 2.45) is 5.92 Å². The molecule has 124 valence electrons. The number of hydrogen-bond acceptors (Lipinski definition) is 3. The standard InChI is InChI=1S/C19H19NO4/c21-14-8-3-7-13(11-14)17(19(23)24)20-18(22)16-10-4-6-12-5-1-2-9-15(12)16/h1-2,4-6,9-10,13,17H,3,7-8,11H2,(H,20,22)(H,23,24)/t13-,17-/m1/s1. The molecule has 1 fully saturated rings. The predicted molar refractivity (Wildman–Crippen MR) is 89.8 cm³/mol. The van der Waals surface area contributed by atoms with Gasteiger partial charge in [0.2, 0.25) is 0 Å². The van der Waals surface area contributed by atoms with E-state index < -0.39 is 17.9 Å². The summed E-state index contributed by atoms with van der Waals surface area (Å²) < 4.78 is 0. The van der Waals surface area contributed by atoms with Gasteiger partial charge in [0.15, 0.2) is 0 Å². The number of carbonyl (C=O) groups excluding carboxylic acids is 2. The maximum Gasteiger partial charge on any atom is 0.326 e. The number of fused-ring (bicyclic) bond motifs is 1. The molecular weight excluding hydrogens is 306 g/mol. The van der Waals surface area contributed by atoms with Crippen molar-refractivity contribution < 1.29 is 19.5 Å². The number of nitrogens with one attached hydrogen (secondary N) is 1. The fourth-order valence-electron chi connectivity index (χ4n) is 3.37. The molecule has 2 N–H and O–H groups in total. The van der Waals surface area contributed by atoms with Crippen LogP contribution in [0.4, 0.5) is 0 Å². The molecule has 3 rings (SSSR count). The second-order valence-electron chi connectivity index (χ2n) is 6.21. The quantitative estimate of drug-likeness (QED) is 0.905. The van der Waals surface area contributed by atoms with E-state index in [1.165, 1.54) is 0 Å². The number of rotatable bonds is 4. The maximum absolute atomic E-state index is 12.6. The van der Waals surface area contributed by atoms with Gasteiger partial charge in [-0.15, -0.1) is 0 Å². The normalized spacial score (nSPS) is 19.0. The SMILES string of the molecule is O=C1CCC[C@@H]([C@@H](NC(=O)c2cccc3ccccc23)C(=O)O)C1. The van der Waals surface area contributed by atoms with Crippen molar-refractivity contribution in [3.05, 3.63) is 48.0 Å². The van der Waals surface area contributed by atoms with Crippen molar-refractivity contribution in [2.75, 3.05) is 0 Å². The summed E-state index contributed by atoms with van der Waals surface area (Å²) in [5, 5.41) is 13.8. The molecule has 0 heterocycles. The van der Waals surface area contributed by atoms with Crippen LogP contribution in [-0.4, -0.2) is 28.8 Å². The number of benzene rings is 2. The van der Waals surface area contributed by atoms with Gasteiger partial charge in [-0.2, -0.15) is 0 Å². The van der Waals surface area contributed by atoms with Crippen molar-refractivity contribution in [1.29, 1.82) is 0 Å². The smallest absolute Gasteiger partial charge is 0.326 e. The molecule has 24 heavy (non-hydrogen) atoms. The Bertz CT molecular complexity index is 794. The Morgan fingerprint density at radius 1 is 1.12 bits per heavy atom. The number of hydrogen-bond donors (Lipinski definition) is 2. The molecule has 0 saturated heterocycles. The summed E-state index contributed by atoms with van der Waals surface area (Å²) in [6.45, 7) is 0. The number of aliphatic carboxylic acids is 1. The molecule has 1 aliphatic rings. The van der Waals surface area contributed by atoms with Crippen LogP contribution in [0.15, 0.2) is 42.5 Å². The number of carbonyl (C=O) groups is 3. The van der Waals surface area contributed by atoms with Gasteiger partial charge < -0.3 is 10.4 Å². The van der Waals surface area contributed by atoms with Crippen LogP contribution < -0.4 is 5.32 Å². The van der Waals surface area contributed by atoms with E-state index in [0.29, 0.717) is 24.8 Å². The van der Waals surface area contributed by atoms with Gasteiger partial charge in [0.1, 0.15) is 11.8 Å². The minimum atomic E-state index is -1.09. The zero-order chi connectivity index (χ0) is 17.1. The highest BCUT2D eigenvalue weighted by Crippen LogP contribution is 2.25. The van der Waals surface area contributed by atoms with E-state index in [2.05, 4.69) is 5.32 Å². The number of amides is 1. The molecule has 0 spiro atoms. The van der Waals surface area contributed by atoms with Crippen LogP contribution >= 0.6 is 0 Å². The second kappa shape index (κ2) is 6.83. The van der Waals surface area contributed by atoms with E-state index in [0.717, 1.165) is 10.8 Å². The Balaban J connectivity index is 1.85. The number of Topliss-reactive ketones (excluding diaryl/α,β-unsaturated/α-hetero) is 1. The van der Waals surface area contributed by atoms with E-state index in [1.807, 2.05) is 30.3 Å². The molecule has 2 atom stereocenters. The van der Waals surface area contributed by atoms with E-state index in [4.69, 9.17) is 0 Å². The minimum Gasteiger partial charge on any atom is -0.480 e. The Hall–Kier alpha value is -2.69. The van der Waals surface area contributed by atoms with Crippen molar-refractivity contribution in [2.45, 2.75) is 31.7 Å². The van der Waals surface area contributed by atoms with Gasteiger partial charge in [-0.05, 0) is 35.6 Å². The summed E-state index contributed by atoms with van der Waals surface area (Å²) in [6.07, 6.45) is 2.03. The highest BCUT2D eigenvalue weighted by molar-refractivity contribution is 6.08. The lowest BCUT2D eigenvalue weighted by molar-refractivity contribution is -0.141. The number of carboxylic acids is 1. The van der Waals surface area contributed by atoms with Crippen molar-refractivity contribution in [1.82, 2.24) is 5.32 Å². The third-order valence-electron chi connectivity index (χ3n) is 4.58. The molecule has 1 saturated carbocycles. The van der Waals surface area contributed by atoms with Crippen LogP contribution in [-0.2, 0) is 9.59 Å². The molecule has 2 aromatic carbocycles. The van der Waals surface area contributed by atoms with Gasteiger partial charge in [0, 0.05) is 18.4 Å². The lowest BCUT2D eigenvalue weighted by Crippen LogP contribution is -2.47. The molecule has 0 aliphatic heterocycles. The summed E-state index contributed by atoms with van der Waals surface area (Å²) in [5.74, 6) is -1.79. The van der Waals surface area contributed by atoms with E-state index in [1.54, 1.807) is 12.1 Å². The van der Waals surface area contributed by atoms with Crippen molar-refractivity contribution in [3.63, 3.8) is 0 Å². The zero-order valence-electron chi connectivity index (χ0n) is 13.2. The summed E-state index contributed by atoms with van der Waals surface area (Å²) in [5.41, 5.74) is 0.446. The summed E-state index contributed by atoms with van der Waals surface area (Å²) in [4.78, 5) is 35.9. The molecule has 1 aliphatic carbocycles. The zero-order valence-corrected chi connectivity index (χ0v) is 13.2. The first-order chi connectivity index (χ1) is 11.6. The lowest BCUT2D eigenvalue weighted by atomic mass is 9.83. The molecule has 5 nitrogen and oxygen atoms in total. The average Bonchev–Trinajstić information content (AvgIpc) is 2.58.